The van der Waals surface area contributed by atoms with Crippen molar-refractivity contribution in [2.45, 2.75) is 39.2 Å². The molecule has 2 nitrogen and oxygen atoms in total. The molecule has 2 rings (SSSR count). The van der Waals surface area contributed by atoms with E-state index in [1.807, 2.05) is 0 Å². The Bertz CT molecular complexity index is 349. The third kappa shape index (κ3) is 3.01. The topological polar surface area (TPSA) is 15.3 Å². The van der Waals surface area contributed by atoms with Gasteiger partial charge in [-0.15, -0.1) is 0 Å². The Morgan fingerprint density at radius 1 is 1.35 bits per heavy atom. The zero-order valence-corrected chi connectivity index (χ0v) is 11.1. The van der Waals surface area contributed by atoms with E-state index in [0.717, 1.165) is 13.1 Å². The monoisotopic (exact) mass is 232 g/mol. The Morgan fingerprint density at radius 2 is 2.18 bits per heavy atom. The van der Waals surface area contributed by atoms with Gasteiger partial charge < -0.3 is 10.2 Å². The summed E-state index contributed by atoms with van der Waals surface area (Å²) in [4.78, 5) is 2.56. The predicted octanol–water partition coefficient (Wildman–Crippen LogP) is 2.83. The Kier molecular flexibility index (Phi) is 4.43. The molecule has 0 aliphatic carbocycles. The van der Waals surface area contributed by atoms with Crippen molar-refractivity contribution in [2.75, 3.05) is 24.5 Å². The quantitative estimate of drug-likeness (QED) is 0.785. The van der Waals surface area contributed by atoms with Gasteiger partial charge >= 0.3 is 0 Å². The maximum absolute atomic E-state index is 3.52. The number of nitrogens with zero attached hydrogens (tertiary/aromatic N) is 1. The first kappa shape index (κ1) is 12.4. The molecule has 0 spiro atoms. The van der Waals surface area contributed by atoms with Crippen LogP contribution in [0.3, 0.4) is 0 Å². The van der Waals surface area contributed by atoms with Crippen LogP contribution in [0.15, 0.2) is 24.3 Å². The lowest BCUT2D eigenvalue weighted by molar-refractivity contribution is 0.540. The second kappa shape index (κ2) is 6.06. The van der Waals surface area contributed by atoms with Crippen LogP contribution >= 0.6 is 0 Å². The van der Waals surface area contributed by atoms with Crippen LogP contribution in [0.1, 0.15) is 32.3 Å². The van der Waals surface area contributed by atoms with Gasteiger partial charge in [-0.1, -0.05) is 25.1 Å². The van der Waals surface area contributed by atoms with Crippen LogP contribution in [0, 0.1) is 0 Å². The Morgan fingerprint density at radius 3 is 3.00 bits per heavy atom. The van der Waals surface area contributed by atoms with Crippen molar-refractivity contribution >= 4 is 5.69 Å². The number of anilines is 1. The van der Waals surface area contributed by atoms with Crippen molar-refractivity contribution in [1.82, 2.24) is 5.32 Å². The van der Waals surface area contributed by atoms with Gasteiger partial charge in [-0.05, 0) is 44.4 Å². The highest BCUT2D eigenvalue weighted by Crippen LogP contribution is 2.27. The average molecular weight is 232 g/mol. The Hall–Kier alpha value is -1.02. The molecule has 0 saturated carbocycles. The number of hydrogen-bond donors (Lipinski definition) is 1. The smallest absolute Gasteiger partial charge is 0.0401 e. The number of aryl methyl sites for hydroxylation is 1. The molecular weight excluding hydrogens is 208 g/mol. The molecule has 1 aromatic carbocycles. The number of nitrogens with one attached hydrogen (secondary N) is 1. The van der Waals surface area contributed by atoms with Gasteiger partial charge in [0.25, 0.3) is 0 Å². The molecule has 0 radical (unpaired) electrons. The van der Waals surface area contributed by atoms with Crippen molar-refractivity contribution in [3.8, 4) is 0 Å². The largest absolute Gasteiger partial charge is 0.367 e. The average Bonchev–Trinajstić information content (AvgIpc) is 2.38. The molecule has 0 bridgehead atoms. The van der Waals surface area contributed by atoms with Crippen molar-refractivity contribution in [2.24, 2.45) is 0 Å². The summed E-state index contributed by atoms with van der Waals surface area (Å²) >= 11 is 0. The van der Waals surface area contributed by atoms with E-state index in [0.29, 0.717) is 6.04 Å². The summed E-state index contributed by atoms with van der Waals surface area (Å²) in [6.45, 7) is 7.95. The van der Waals surface area contributed by atoms with E-state index in [-0.39, 0.29) is 0 Å². The van der Waals surface area contributed by atoms with Gasteiger partial charge in [0.15, 0.2) is 0 Å². The predicted molar refractivity (Wildman–Crippen MR) is 74.7 cm³/mol. The summed E-state index contributed by atoms with van der Waals surface area (Å²) in [5.74, 6) is 0. The Balaban J connectivity index is 2.02. The van der Waals surface area contributed by atoms with Crippen LogP contribution in [0.5, 0.6) is 0 Å². The van der Waals surface area contributed by atoms with Crippen molar-refractivity contribution in [1.29, 1.82) is 0 Å². The van der Waals surface area contributed by atoms with E-state index in [1.54, 1.807) is 0 Å². The summed E-state index contributed by atoms with van der Waals surface area (Å²) < 4.78 is 0. The SMILES string of the molecule is CCCNCC(C)N1CCCc2ccccc21. The fourth-order valence-electron chi connectivity index (χ4n) is 2.62. The normalized spacial score (nSPS) is 16.7. The number of benzene rings is 1. The van der Waals surface area contributed by atoms with E-state index < -0.39 is 0 Å². The standard InChI is InChI=1S/C15H24N2/c1-3-10-16-12-13(2)17-11-6-8-14-7-4-5-9-15(14)17/h4-5,7,9,13,16H,3,6,8,10-12H2,1-2H3. The number of rotatable bonds is 5. The number of hydrogen-bond acceptors (Lipinski definition) is 2. The molecule has 1 aliphatic rings. The zero-order valence-electron chi connectivity index (χ0n) is 11.1. The molecular formula is C15H24N2. The fraction of sp³-hybridized carbons (Fsp3) is 0.600. The van der Waals surface area contributed by atoms with Crippen LogP contribution in [0.4, 0.5) is 5.69 Å². The maximum Gasteiger partial charge on any atom is 0.0401 e. The first-order chi connectivity index (χ1) is 8.33. The zero-order chi connectivity index (χ0) is 12.1. The van der Waals surface area contributed by atoms with Gasteiger partial charge in [-0.2, -0.15) is 0 Å². The minimum atomic E-state index is 0.586. The van der Waals surface area contributed by atoms with Gasteiger partial charge in [-0.3, -0.25) is 0 Å². The summed E-state index contributed by atoms with van der Waals surface area (Å²) in [5, 5.41) is 3.52. The third-order valence-corrected chi connectivity index (χ3v) is 3.54. The second-order valence-electron chi connectivity index (χ2n) is 4.98. The molecule has 0 aromatic heterocycles. The first-order valence-corrected chi connectivity index (χ1v) is 6.88. The van der Waals surface area contributed by atoms with Gasteiger partial charge in [0, 0.05) is 24.8 Å². The Labute approximate surface area is 105 Å². The molecule has 1 N–H and O–H groups in total. The molecule has 0 saturated heterocycles. The summed E-state index contributed by atoms with van der Waals surface area (Å²) in [6.07, 6.45) is 3.74. The van der Waals surface area contributed by atoms with E-state index in [9.17, 15) is 0 Å². The van der Waals surface area contributed by atoms with Crippen LogP contribution in [-0.4, -0.2) is 25.7 Å². The third-order valence-electron chi connectivity index (χ3n) is 3.54. The molecule has 2 heteroatoms. The van der Waals surface area contributed by atoms with E-state index in [1.165, 1.54) is 37.1 Å². The van der Waals surface area contributed by atoms with E-state index >= 15 is 0 Å². The molecule has 1 aliphatic heterocycles. The number of fused-ring (bicyclic) bond motifs is 1. The molecule has 1 atom stereocenters. The lowest BCUT2D eigenvalue weighted by Crippen LogP contribution is -2.43. The minimum Gasteiger partial charge on any atom is -0.367 e. The molecule has 0 amide bonds. The van der Waals surface area contributed by atoms with E-state index in [4.69, 9.17) is 0 Å². The molecule has 0 fully saturated rings. The highest BCUT2D eigenvalue weighted by Gasteiger charge is 2.20. The van der Waals surface area contributed by atoms with Gasteiger partial charge in [0.2, 0.25) is 0 Å². The summed E-state index contributed by atoms with van der Waals surface area (Å²) in [6, 6.07) is 9.44. The van der Waals surface area contributed by atoms with Crippen LogP contribution in [0.2, 0.25) is 0 Å². The summed E-state index contributed by atoms with van der Waals surface area (Å²) in [7, 11) is 0. The van der Waals surface area contributed by atoms with Gasteiger partial charge in [0.05, 0.1) is 0 Å². The minimum absolute atomic E-state index is 0.586. The molecule has 1 unspecified atom stereocenters. The second-order valence-corrected chi connectivity index (χ2v) is 4.98. The highest BCUT2D eigenvalue weighted by atomic mass is 15.2. The van der Waals surface area contributed by atoms with Gasteiger partial charge in [0.1, 0.15) is 0 Å². The van der Waals surface area contributed by atoms with Crippen molar-refractivity contribution < 1.29 is 0 Å². The fourth-order valence-corrected chi connectivity index (χ4v) is 2.62. The maximum atomic E-state index is 3.52. The first-order valence-electron chi connectivity index (χ1n) is 6.88. The van der Waals surface area contributed by atoms with Crippen LogP contribution in [0.25, 0.3) is 0 Å². The molecule has 1 heterocycles. The van der Waals surface area contributed by atoms with Crippen molar-refractivity contribution in [3.05, 3.63) is 29.8 Å². The van der Waals surface area contributed by atoms with Gasteiger partial charge in [-0.25, -0.2) is 0 Å². The molecule has 1 aromatic rings. The lowest BCUT2D eigenvalue weighted by atomic mass is 10.0. The summed E-state index contributed by atoms with van der Waals surface area (Å²) in [5.41, 5.74) is 2.96. The van der Waals surface area contributed by atoms with Crippen LogP contribution < -0.4 is 10.2 Å². The van der Waals surface area contributed by atoms with Crippen molar-refractivity contribution in [3.63, 3.8) is 0 Å². The number of para-hydroxylation sites is 1. The van der Waals surface area contributed by atoms with E-state index in [2.05, 4.69) is 48.3 Å². The highest BCUT2D eigenvalue weighted by molar-refractivity contribution is 5.56. The lowest BCUT2D eigenvalue weighted by Gasteiger charge is -2.36. The van der Waals surface area contributed by atoms with Crippen LogP contribution in [-0.2, 0) is 6.42 Å². The molecule has 17 heavy (non-hydrogen) atoms. The molecule has 94 valence electrons.